The van der Waals surface area contributed by atoms with Crippen molar-refractivity contribution in [3.05, 3.63) is 69.2 Å². The maximum absolute atomic E-state index is 13.9. The highest BCUT2D eigenvalue weighted by Gasteiger charge is 2.17. The van der Waals surface area contributed by atoms with Gasteiger partial charge in [0.2, 0.25) is 0 Å². The fourth-order valence-electron chi connectivity index (χ4n) is 1.74. The lowest BCUT2D eigenvalue weighted by molar-refractivity contribution is 0.214. The zero-order valence-corrected chi connectivity index (χ0v) is 11.2. The second-order valence-corrected chi connectivity index (χ2v) is 4.91. The van der Waals surface area contributed by atoms with E-state index in [1.807, 2.05) is 0 Å². The molecule has 2 aromatic rings. The SMILES string of the molecule is Cc1cccc(C(O)c2ccc(F)c(Br)c2)c1F. The van der Waals surface area contributed by atoms with Gasteiger partial charge in [-0.1, -0.05) is 24.3 Å². The Bertz CT molecular complexity index is 584. The Morgan fingerprint density at radius 1 is 1.17 bits per heavy atom. The van der Waals surface area contributed by atoms with E-state index in [-0.39, 0.29) is 10.0 Å². The van der Waals surface area contributed by atoms with Crippen LogP contribution in [0.1, 0.15) is 22.8 Å². The van der Waals surface area contributed by atoms with Crippen LogP contribution in [0.2, 0.25) is 0 Å². The van der Waals surface area contributed by atoms with E-state index >= 15 is 0 Å². The van der Waals surface area contributed by atoms with Gasteiger partial charge >= 0.3 is 0 Å². The Balaban J connectivity index is 2.44. The first-order valence-electron chi connectivity index (χ1n) is 5.38. The van der Waals surface area contributed by atoms with Crippen LogP contribution in [0.3, 0.4) is 0 Å². The number of hydrogen-bond donors (Lipinski definition) is 1. The largest absolute Gasteiger partial charge is 0.384 e. The van der Waals surface area contributed by atoms with Gasteiger partial charge in [0.05, 0.1) is 4.47 Å². The van der Waals surface area contributed by atoms with E-state index in [0.717, 1.165) is 0 Å². The molecular weight excluding hydrogens is 302 g/mol. The van der Waals surface area contributed by atoms with Crippen molar-refractivity contribution in [1.29, 1.82) is 0 Å². The van der Waals surface area contributed by atoms with Crippen molar-refractivity contribution < 1.29 is 13.9 Å². The van der Waals surface area contributed by atoms with Crippen LogP contribution in [-0.4, -0.2) is 5.11 Å². The van der Waals surface area contributed by atoms with Crippen LogP contribution in [-0.2, 0) is 0 Å². The fraction of sp³-hybridized carbons (Fsp3) is 0.143. The van der Waals surface area contributed by atoms with Crippen LogP contribution in [0, 0.1) is 18.6 Å². The van der Waals surface area contributed by atoms with Crippen LogP contribution in [0.25, 0.3) is 0 Å². The highest BCUT2D eigenvalue weighted by atomic mass is 79.9. The van der Waals surface area contributed by atoms with Crippen LogP contribution >= 0.6 is 15.9 Å². The Morgan fingerprint density at radius 3 is 2.56 bits per heavy atom. The van der Waals surface area contributed by atoms with Gasteiger partial charge in [0.25, 0.3) is 0 Å². The molecule has 0 spiro atoms. The van der Waals surface area contributed by atoms with E-state index in [9.17, 15) is 13.9 Å². The lowest BCUT2D eigenvalue weighted by Crippen LogP contribution is -2.04. The maximum Gasteiger partial charge on any atom is 0.137 e. The summed E-state index contributed by atoms with van der Waals surface area (Å²) in [6.45, 7) is 1.63. The molecule has 0 saturated carbocycles. The quantitative estimate of drug-likeness (QED) is 0.884. The van der Waals surface area contributed by atoms with Crippen LogP contribution in [0.15, 0.2) is 40.9 Å². The molecule has 0 bridgehead atoms. The zero-order valence-electron chi connectivity index (χ0n) is 9.62. The molecule has 0 aliphatic heterocycles. The van der Waals surface area contributed by atoms with Gasteiger partial charge in [-0.15, -0.1) is 0 Å². The van der Waals surface area contributed by atoms with Gasteiger partial charge in [0.15, 0.2) is 0 Å². The minimum atomic E-state index is -1.11. The Kier molecular flexibility index (Phi) is 3.78. The number of aryl methyl sites for hydroxylation is 1. The number of aliphatic hydroxyl groups excluding tert-OH is 1. The van der Waals surface area contributed by atoms with Crippen molar-refractivity contribution in [2.24, 2.45) is 0 Å². The molecule has 0 aliphatic rings. The zero-order chi connectivity index (χ0) is 13.3. The first kappa shape index (κ1) is 13.2. The summed E-state index contributed by atoms with van der Waals surface area (Å²) in [5.74, 6) is -0.860. The van der Waals surface area contributed by atoms with Crippen molar-refractivity contribution >= 4 is 15.9 Å². The third-order valence-electron chi connectivity index (χ3n) is 2.78. The van der Waals surface area contributed by atoms with Gasteiger partial charge in [-0.3, -0.25) is 0 Å². The maximum atomic E-state index is 13.9. The predicted octanol–water partition coefficient (Wildman–Crippen LogP) is 4.12. The lowest BCUT2D eigenvalue weighted by Gasteiger charge is -2.14. The second kappa shape index (κ2) is 5.16. The average Bonchev–Trinajstić information content (AvgIpc) is 2.35. The number of aliphatic hydroxyl groups is 1. The summed E-state index contributed by atoms with van der Waals surface area (Å²) in [7, 11) is 0. The molecule has 0 aromatic heterocycles. The summed E-state index contributed by atoms with van der Waals surface area (Å²) in [6.07, 6.45) is -1.11. The number of halogens is 3. The van der Waals surface area contributed by atoms with Gasteiger partial charge in [-0.25, -0.2) is 8.78 Å². The van der Waals surface area contributed by atoms with E-state index in [0.29, 0.717) is 11.1 Å². The number of hydrogen-bond acceptors (Lipinski definition) is 1. The van der Waals surface area contributed by atoms with E-state index in [1.54, 1.807) is 19.1 Å². The van der Waals surface area contributed by atoms with Crippen LogP contribution < -0.4 is 0 Å². The number of rotatable bonds is 2. The van der Waals surface area contributed by atoms with E-state index in [4.69, 9.17) is 0 Å². The molecule has 0 fully saturated rings. The molecule has 1 unspecified atom stereocenters. The monoisotopic (exact) mass is 312 g/mol. The Hall–Kier alpha value is -1.26. The summed E-state index contributed by atoms with van der Waals surface area (Å²) in [5, 5.41) is 10.1. The molecule has 18 heavy (non-hydrogen) atoms. The molecule has 0 heterocycles. The molecule has 2 aromatic carbocycles. The Morgan fingerprint density at radius 2 is 1.89 bits per heavy atom. The molecule has 2 rings (SSSR count). The summed E-state index contributed by atoms with van der Waals surface area (Å²) in [5.41, 5.74) is 1.09. The topological polar surface area (TPSA) is 20.2 Å². The van der Waals surface area contributed by atoms with E-state index in [2.05, 4.69) is 15.9 Å². The van der Waals surface area contributed by atoms with Gasteiger partial charge in [-0.2, -0.15) is 0 Å². The van der Waals surface area contributed by atoms with Crippen LogP contribution in [0.5, 0.6) is 0 Å². The van der Waals surface area contributed by atoms with Crippen molar-refractivity contribution in [2.45, 2.75) is 13.0 Å². The smallest absolute Gasteiger partial charge is 0.137 e. The van der Waals surface area contributed by atoms with Gasteiger partial charge in [-0.05, 0) is 46.1 Å². The molecular formula is C14H11BrF2O. The first-order chi connectivity index (χ1) is 8.50. The molecule has 0 aliphatic carbocycles. The summed E-state index contributed by atoms with van der Waals surface area (Å²) < 4.78 is 27.2. The van der Waals surface area contributed by atoms with Crippen molar-refractivity contribution in [3.63, 3.8) is 0 Å². The average molecular weight is 313 g/mol. The molecule has 0 saturated heterocycles. The first-order valence-corrected chi connectivity index (χ1v) is 6.18. The highest BCUT2D eigenvalue weighted by Crippen LogP contribution is 2.28. The third kappa shape index (κ3) is 2.44. The molecule has 94 valence electrons. The highest BCUT2D eigenvalue weighted by molar-refractivity contribution is 9.10. The number of benzene rings is 2. The van der Waals surface area contributed by atoms with Crippen molar-refractivity contribution in [3.8, 4) is 0 Å². The van der Waals surface area contributed by atoms with E-state index in [1.165, 1.54) is 24.3 Å². The van der Waals surface area contributed by atoms with Gasteiger partial charge in [0, 0.05) is 5.56 Å². The Labute approximate surface area is 112 Å². The summed E-state index contributed by atoms with van der Waals surface area (Å²) in [6, 6.07) is 8.94. The van der Waals surface area contributed by atoms with Gasteiger partial charge < -0.3 is 5.11 Å². The van der Waals surface area contributed by atoms with Crippen molar-refractivity contribution in [1.82, 2.24) is 0 Å². The molecule has 4 heteroatoms. The normalized spacial score (nSPS) is 12.5. The standard InChI is InChI=1S/C14H11BrF2O/c1-8-3-2-4-10(13(8)17)14(18)9-5-6-12(16)11(15)7-9/h2-7,14,18H,1H3. The van der Waals surface area contributed by atoms with Crippen LogP contribution in [0.4, 0.5) is 8.78 Å². The molecule has 1 nitrogen and oxygen atoms in total. The summed E-state index contributed by atoms with van der Waals surface area (Å²) >= 11 is 3.04. The minimum Gasteiger partial charge on any atom is -0.384 e. The fourth-order valence-corrected chi connectivity index (χ4v) is 2.14. The van der Waals surface area contributed by atoms with Gasteiger partial charge in [0.1, 0.15) is 17.7 Å². The molecule has 1 N–H and O–H groups in total. The molecule has 1 atom stereocenters. The predicted molar refractivity (Wildman–Crippen MR) is 69.3 cm³/mol. The minimum absolute atomic E-state index is 0.188. The molecule has 0 radical (unpaired) electrons. The lowest BCUT2D eigenvalue weighted by atomic mass is 9.99. The third-order valence-corrected chi connectivity index (χ3v) is 3.38. The summed E-state index contributed by atoms with van der Waals surface area (Å²) in [4.78, 5) is 0. The van der Waals surface area contributed by atoms with Crippen molar-refractivity contribution in [2.75, 3.05) is 0 Å². The second-order valence-electron chi connectivity index (χ2n) is 4.05. The van der Waals surface area contributed by atoms with E-state index < -0.39 is 17.7 Å². The molecule has 0 amide bonds.